The third-order valence-electron chi connectivity index (χ3n) is 5.60. The first kappa shape index (κ1) is 20.9. The van der Waals surface area contributed by atoms with Gasteiger partial charge in [-0.3, -0.25) is 4.79 Å². The maximum atomic E-state index is 11.3. The van der Waals surface area contributed by atoms with E-state index in [1.807, 2.05) is 42.5 Å². The third kappa shape index (κ3) is 3.62. The summed E-state index contributed by atoms with van der Waals surface area (Å²) < 4.78 is 11.6. The van der Waals surface area contributed by atoms with Crippen LogP contribution in [0.15, 0.2) is 42.5 Å². The maximum absolute atomic E-state index is 11.3. The number of benzene rings is 2. The molecule has 2 aliphatic heterocycles. The van der Waals surface area contributed by atoms with Gasteiger partial charge in [-0.15, -0.1) is 0 Å². The molecule has 30 heavy (non-hydrogen) atoms. The summed E-state index contributed by atoms with van der Waals surface area (Å²) in [5.41, 5.74) is 3.95. The Morgan fingerprint density at radius 1 is 1.13 bits per heavy atom. The molecule has 0 aromatic heterocycles. The molecule has 0 bridgehead atoms. The molecule has 5 atom stereocenters. The molecule has 160 valence electrons. The lowest BCUT2D eigenvalue weighted by molar-refractivity contribution is -0.368. The van der Waals surface area contributed by atoms with Crippen molar-refractivity contribution in [2.75, 3.05) is 11.9 Å². The van der Waals surface area contributed by atoms with Gasteiger partial charge in [0.25, 0.3) is 0 Å². The first-order valence-electron chi connectivity index (χ1n) is 9.79. The second kappa shape index (κ2) is 8.07. The predicted octanol–water partition coefficient (Wildman–Crippen LogP) is 0.393. The molecule has 5 N–H and O–H groups in total. The van der Waals surface area contributed by atoms with Gasteiger partial charge >= 0.3 is 0 Å². The van der Waals surface area contributed by atoms with Gasteiger partial charge in [-0.1, -0.05) is 24.3 Å². The highest BCUT2D eigenvalue weighted by Crippen LogP contribution is 2.46. The number of carbonyl (C=O) groups is 1. The van der Waals surface area contributed by atoms with Gasteiger partial charge in [0, 0.05) is 18.2 Å². The SMILES string of the molecule is CC(=O)Nc1cccc(Cc2ccc3c(c2)C2(OC3)O[C@H](CO)[C@@H](O)[C@H](O)[C@H]2O)c1. The van der Waals surface area contributed by atoms with Crippen molar-refractivity contribution in [2.24, 2.45) is 0 Å². The van der Waals surface area contributed by atoms with E-state index in [2.05, 4.69) is 5.32 Å². The Labute approximate surface area is 173 Å². The fourth-order valence-corrected chi connectivity index (χ4v) is 4.13. The van der Waals surface area contributed by atoms with Crippen LogP contribution in [0.1, 0.15) is 29.2 Å². The van der Waals surface area contributed by atoms with Crippen molar-refractivity contribution in [3.8, 4) is 0 Å². The normalized spacial score (nSPS) is 30.3. The number of hydrogen-bond donors (Lipinski definition) is 5. The molecule has 2 aromatic rings. The zero-order valence-electron chi connectivity index (χ0n) is 16.5. The third-order valence-corrected chi connectivity index (χ3v) is 5.60. The van der Waals surface area contributed by atoms with Gasteiger partial charge in [0.15, 0.2) is 0 Å². The van der Waals surface area contributed by atoms with Gasteiger partial charge in [-0.05, 0) is 41.3 Å². The quantitative estimate of drug-likeness (QED) is 0.489. The minimum atomic E-state index is -1.66. The van der Waals surface area contributed by atoms with Crippen molar-refractivity contribution in [1.29, 1.82) is 0 Å². The molecule has 1 fully saturated rings. The summed E-state index contributed by atoms with van der Waals surface area (Å²) in [6.07, 6.45) is -5.01. The number of anilines is 1. The molecule has 1 amide bonds. The van der Waals surface area contributed by atoms with E-state index < -0.39 is 36.8 Å². The molecule has 2 heterocycles. The van der Waals surface area contributed by atoms with Crippen molar-refractivity contribution in [1.82, 2.24) is 0 Å². The zero-order chi connectivity index (χ0) is 21.5. The van der Waals surface area contributed by atoms with Crippen LogP contribution in [-0.2, 0) is 33.1 Å². The minimum absolute atomic E-state index is 0.147. The van der Waals surface area contributed by atoms with Gasteiger partial charge in [-0.2, -0.15) is 0 Å². The number of aliphatic hydroxyl groups excluding tert-OH is 4. The number of amides is 1. The van der Waals surface area contributed by atoms with Crippen molar-refractivity contribution in [3.05, 3.63) is 64.7 Å². The number of hydrogen-bond acceptors (Lipinski definition) is 7. The van der Waals surface area contributed by atoms with Crippen LogP contribution in [0.3, 0.4) is 0 Å². The van der Waals surface area contributed by atoms with Gasteiger partial charge in [-0.25, -0.2) is 0 Å². The number of aliphatic hydroxyl groups is 4. The fourth-order valence-electron chi connectivity index (χ4n) is 4.13. The molecule has 2 aromatic carbocycles. The van der Waals surface area contributed by atoms with Gasteiger partial charge < -0.3 is 35.2 Å². The van der Waals surface area contributed by atoms with E-state index in [9.17, 15) is 25.2 Å². The van der Waals surface area contributed by atoms with Crippen LogP contribution < -0.4 is 5.32 Å². The van der Waals surface area contributed by atoms with Crippen LogP contribution in [0.4, 0.5) is 5.69 Å². The van der Waals surface area contributed by atoms with E-state index in [4.69, 9.17) is 9.47 Å². The van der Waals surface area contributed by atoms with E-state index >= 15 is 0 Å². The highest BCUT2D eigenvalue weighted by Gasteiger charge is 2.58. The first-order chi connectivity index (χ1) is 14.3. The lowest BCUT2D eigenvalue weighted by Gasteiger charge is -2.46. The summed E-state index contributed by atoms with van der Waals surface area (Å²) in [5.74, 6) is -1.80. The molecule has 8 heteroatoms. The van der Waals surface area contributed by atoms with Gasteiger partial charge in [0.05, 0.1) is 13.2 Å². The number of ether oxygens (including phenoxy) is 2. The molecular weight excluding hydrogens is 390 g/mol. The largest absolute Gasteiger partial charge is 0.394 e. The summed E-state index contributed by atoms with van der Waals surface area (Å²) in [5, 5.41) is 43.3. The molecule has 2 aliphatic rings. The van der Waals surface area contributed by atoms with Crippen LogP contribution in [0.25, 0.3) is 0 Å². The number of fused-ring (bicyclic) bond motifs is 2. The Bertz CT molecular complexity index is 947. The molecule has 0 saturated carbocycles. The van der Waals surface area contributed by atoms with Gasteiger partial charge in [0.1, 0.15) is 24.4 Å². The molecule has 1 unspecified atom stereocenters. The second-order valence-electron chi connectivity index (χ2n) is 7.77. The van der Waals surface area contributed by atoms with E-state index in [1.54, 1.807) is 0 Å². The van der Waals surface area contributed by atoms with Crippen LogP contribution in [-0.4, -0.2) is 57.4 Å². The van der Waals surface area contributed by atoms with Crippen LogP contribution in [0.2, 0.25) is 0 Å². The van der Waals surface area contributed by atoms with Crippen LogP contribution >= 0.6 is 0 Å². The predicted molar refractivity (Wildman–Crippen MR) is 106 cm³/mol. The van der Waals surface area contributed by atoms with Crippen LogP contribution in [0.5, 0.6) is 0 Å². The van der Waals surface area contributed by atoms with E-state index in [0.717, 1.165) is 16.7 Å². The molecule has 0 radical (unpaired) electrons. The molecule has 1 spiro atoms. The Kier molecular flexibility index (Phi) is 5.63. The van der Waals surface area contributed by atoms with Crippen molar-refractivity contribution in [2.45, 2.75) is 50.2 Å². The summed E-state index contributed by atoms with van der Waals surface area (Å²) >= 11 is 0. The average Bonchev–Trinajstić information content (AvgIpc) is 3.08. The number of rotatable bonds is 4. The lowest BCUT2D eigenvalue weighted by atomic mass is 9.86. The summed E-state index contributed by atoms with van der Waals surface area (Å²) in [7, 11) is 0. The summed E-state index contributed by atoms with van der Waals surface area (Å²) in [6.45, 7) is 1.10. The van der Waals surface area contributed by atoms with E-state index in [0.29, 0.717) is 17.7 Å². The lowest BCUT2D eigenvalue weighted by Crippen LogP contribution is -2.63. The Morgan fingerprint density at radius 2 is 1.90 bits per heavy atom. The van der Waals surface area contributed by atoms with Crippen molar-refractivity contribution < 1.29 is 34.7 Å². The standard InChI is InChI=1S/C22H25NO7/c1-12(25)23-16-4-2-3-13(8-16)7-14-5-6-15-11-29-22(17(15)9-14)21(28)20(27)19(26)18(10-24)30-22/h2-6,8-9,18-21,24,26-28H,7,10-11H2,1H3,(H,23,25)/t18-,19-,20+,21-,22?/m1/s1. The number of carbonyl (C=O) groups excluding carboxylic acids is 1. The molecule has 1 saturated heterocycles. The fraction of sp³-hybridized carbons (Fsp3) is 0.409. The summed E-state index contributed by atoms with van der Waals surface area (Å²) in [4.78, 5) is 11.3. The smallest absolute Gasteiger partial charge is 0.225 e. The Morgan fingerprint density at radius 3 is 2.63 bits per heavy atom. The van der Waals surface area contributed by atoms with Crippen molar-refractivity contribution >= 4 is 11.6 Å². The maximum Gasteiger partial charge on any atom is 0.225 e. The average molecular weight is 415 g/mol. The minimum Gasteiger partial charge on any atom is -0.394 e. The molecule has 0 aliphatic carbocycles. The summed E-state index contributed by atoms with van der Waals surface area (Å²) in [6, 6.07) is 13.2. The zero-order valence-corrected chi connectivity index (χ0v) is 16.5. The topological polar surface area (TPSA) is 128 Å². The van der Waals surface area contributed by atoms with E-state index in [1.165, 1.54) is 6.92 Å². The van der Waals surface area contributed by atoms with Crippen molar-refractivity contribution in [3.63, 3.8) is 0 Å². The van der Waals surface area contributed by atoms with E-state index in [-0.39, 0.29) is 12.5 Å². The molecular formula is C22H25NO7. The monoisotopic (exact) mass is 415 g/mol. The highest BCUT2D eigenvalue weighted by atomic mass is 16.7. The van der Waals surface area contributed by atoms with Crippen LogP contribution in [0, 0.1) is 0 Å². The number of nitrogens with one attached hydrogen (secondary N) is 1. The van der Waals surface area contributed by atoms with Gasteiger partial charge in [0.2, 0.25) is 11.7 Å². The highest BCUT2D eigenvalue weighted by molar-refractivity contribution is 5.88. The molecule has 8 nitrogen and oxygen atoms in total. The Balaban J connectivity index is 1.65. The molecule has 4 rings (SSSR count). The Hall–Kier alpha value is -2.33. The first-order valence-corrected chi connectivity index (χ1v) is 9.79. The second-order valence-corrected chi connectivity index (χ2v) is 7.77.